The van der Waals surface area contributed by atoms with Gasteiger partial charge in [0.15, 0.2) is 0 Å². The molecule has 1 heterocycles. The number of halogens is 3. The summed E-state index contributed by atoms with van der Waals surface area (Å²) in [5, 5.41) is 0. The first-order valence-electron chi connectivity index (χ1n) is 6.50. The highest BCUT2D eigenvalue weighted by molar-refractivity contribution is 5.48. The molecule has 1 aromatic carbocycles. The molecule has 5 heteroatoms. The molecule has 2 rings (SSSR count). The number of alkyl halides is 3. The Morgan fingerprint density at radius 2 is 1.89 bits per heavy atom. The normalized spacial score (nSPS) is 18.7. The van der Waals surface area contributed by atoms with E-state index in [1.165, 1.54) is 0 Å². The van der Waals surface area contributed by atoms with E-state index in [2.05, 4.69) is 4.90 Å². The molecule has 0 aliphatic carbocycles. The van der Waals surface area contributed by atoms with Crippen LogP contribution >= 0.6 is 0 Å². The lowest BCUT2D eigenvalue weighted by molar-refractivity contribution is -0.185. The van der Waals surface area contributed by atoms with Crippen molar-refractivity contribution in [1.82, 2.24) is 4.90 Å². The van der Waals surface area contributed by atoms with Crippen LogP contribution in [0.5, 0.6) is 0 Å². The van der Waals surface area contributed by atoms with Crippen LogP contribution in [0.4, 0.5) is 18.9 Å². The van der Waals surface area contributed by atoms with Crippen molar-refractivity contribution >= 4 is 5.69 Å². The van der Waals surface area contributed by atoms with Gasteiger partial charge in [-0.1, -0.05) is 12.1 Å². The molecule has 0 spiro atoms. The molecular weight excluding hydrogens is 253 g/mol. The highest BCUT2D eigenvalue weighted by Gasteiger charge is 2.40. The van der Waals surface area contributed by atoms with Gasteiger partial charge in [0.05, 0.1) is 5.92 Å². The quantitative estimate of drug-likeness (QED) is 0.837. The molecule has 106 valence electrons. The maximum absolute atomic E-state index is 12.6. The van der Waals surface area contributed by atoms with Crippen LogP contribution in [0.1, 0.15) is 24.0 Å². The van der Waals surface area contributed by atoms with E-state index in [0.717, 1.165) is 16.8 Å². The van der Waals surface area contributed by atoms with Crippen molar-refractivity contribution in [2.45, 2.75) is 32.5 Å². The lowest BCUT2D eigenvalue weighted by Crippen LogP contribution is -2.38. The number of aryl methyl sites for hydroxylation is 1. The highest BCUT2D eigenvalue weighted by Crippen LogP contribution is 2.34. The second-order valence-corrected chi connectivity index (χ2v) is 5.28. The van der Waals surface area contributed by atoms with Gasteiger partial charge in [-0.05, 0) is 50.0 Å². The first-order valence-corrected chi connectivity index (χ1v) is 6.50. The van der Waals surface area contributed by atoms with E-state index in [4.69, 9.17) is 5.73 Å². The van der Waals surface area contributed by atoms with E-state index >= 15 is 0 Å². The van der Waals surface area contributed by atoms with E-state index in [1.807, 2.05) is 25.1 Å². The van der Waals surface area contributed by atoms with Gasteiger partial charge >= 0.3 is 6.18 Å². The van der Waals surface area contributed by atoms with E-state index in [9.17, 15) is 13.2 Å². The number of hydrogen-bond donors (Lipinski definition) is 1. The van der Waals surface area contributed by atoms with Crippen LogP contribution in [-0.4, -0.2) is 24.2 Å². The average molecular weight is 272 g/mol. The summed E-state index contributed by atoms with van der Waals surface area (Å²) in [5.74, 6) is -1.13. The van der Waals surface area contributed by atoms with E-state index in [1.54, 1.807) is 0 Å². The maximum atomic E-state index is 12.6. The van der Waals surface area contributed by atoms with Gasteiger partial charge in [0.1, 0.15) is 0 Å². The Hall–Kier alpha value is -1.23. The fourth-order valence-corrected chi connectivity index (χ4v) is 2.46. The van der Waals surface area contributed by atoms with Crippen LogP contribution < -0.4 is 5.73 Å². The van der Waals surface area contributed by atoms with E-state index < -0.39 is 12.1 Å². The van der Waals surface area contributed by atoms with Gasteiger partial charge in [0, 0.05) is 12.2 Å². The molecule has 0 amide bonds. The van der Waals surface area contributed by atoms with Crippen LogP contribution in [0, 0.1) is 12.8 Å². The number of nitrogen functional groups attached to an aromatic ring is 1. The third kappa shape index (κ3) is 3.62. The fourth-order valence-electron chi connectivity index (χ4n) is 2.46. The minimum Gasteiger partial charge on any atom is -0.399 e. The Morgan fingerprint density at radius 1 is 1.26 bits per heavy atom. The second-order valence-electron chi connectivity index (χ2n) is 5.28. The largest absolute Gasteiger partial charge is 0.399 e. The van der Waals surface area contributed by atoms with Crippen molar-refractivity contribution in [3.05, 3.63) is 29.3 Å². The summed E-state index contributed by atoms with van der Waals surface area (Å²) < 4.78 is 37.7. The monoisotopic (exact) mass is 272 g/mol. The minimum absolute atomic E-state index is 0.199. The predicted molar refractivity (Wildman–Crippen MR) is 69.6 cm³/mol. The van der Waals surface area contributed by atoms with Crippen molar-refractivity contribution in [3.63, 3.8) is 0 Å². The molecule has 0 aromatic heterocycles. The summed E-state index contributed by atoms with van der Waals surface area (Å²) in [5.41, 5.74) is 8.67. The molecular formula is C14H19F3N2. The smallest absolute Gasteiger partial charge is 0.391 e. The number of rotatable bonds is 2. The molecule has 2 N–H and O–H groups in total. The van der Waals surface area contributed by atoms with Gasteiger partial charge < -0.3 is 5.73 Å². The molecule has 0 bridgehead atoms. The number of nitrogens with zero attached hydrogens (tertiary/aromatic N) is 1. The Labute approximate surface area is 111 Å². The van der Waals surface area contributed by atoms with Gasteiger partial charge in [-0.25, -0.2) is 0 Å². The molecule has 1 aromatic rings. The average Bonchev–Trinajstić information content (AvgIpc) is 2.33. The van der Waals surface area contributed by atoms with Crippen LogP contribution in [-0.2, 0) is 6.54 Å². The van der Waals surface area contributed by atoms with Gasteiger partial charge in [-0.2, -0.15) is 13.2 Å². The second kappa shape index (κ2) is 5.41. The number of anilines is 1. The zero-order valence-corrected chi connectivity index (χ0v) is 11.0. The fraction of sp³-hybridized carbons (Fsp3) is 0.571. The zero-order valence-electron chi connectivity index (χ0n) is 11.0. The summed E-state index contributed by atoms with van der Waals surface area (Å²) in [6.45, 7) is 3.61. The van der Waals surface area contributed by atoms with Gasteiger partial charge in [-0.3, -0.25) is 4.90 Å². The minimum atomic E-state index is -4.04. The molecule has 1 aliphatic heterocycles. The van der Waals surface area contributed by atoms with E-state index in [-0.39, 0.29) is 12.8 Å². The van der Waals surface area contributed by atoms with Crippen molar-refractivity contribution in [2.24, 2.45) is 5.92 Å². The van der Waals surface area contributed by atoms with Crippen LogP contribution in [0.15, 0.2) is 18.2 Å². The van der Waals surface area contributed by atoms with Crippen molar-refractivity contribution in [1.29, 1.82) is 0 Å². The molecule has 19 heavy (non-hydrogen) atoms. The summed E-state index contributed by atoms with van der Waals surface area (Å²) >= 11 is 0. The third-order valence-corrected chi connectivity index (χ3v) is 3.80. The Kier molecular flexibility index (Phi) is 4.04. The highest BCUT2D eigenvalue weighted by atomic mass is 19.4. The molecule has 0 unspecified atom stereocenters. The maximum Gasteiger partial charge on any atom is 0.391 e. The first-order chi connectivity index (χ1) is 8.86. The van der Waals surface area contributed by atoms with Crippen molar-refractivity contribution in [3.8, 4) is 0 Å². The van der Waals surface area contributed by atoms with Crippen molar-refractivity contribution < 1.29 is 13.2 Å². The van der Waals surface area contributed by atoms with E-state index in [0.29, 0.717) is 19.6 Å². The summed E-state index contributed by atoms with van der Waals surface area (Å²) in [4.78, 5) is 2.06. The van der Waals surface area contributed by atoms with Gasteiger partial charge in [-0.15, -0.1) is 0 Å². The van der Waals surface area contributed by atoms with Crippen LogP contribution in [0.2, 0.25) is 0 Å². The number of benzene rings is 1. The topological polar surface area (TPSA) is 29.3 Å². The Morgan fingerprint density at radius 3 is 2.42 bits per heavy atom. The van der Waals surface area contributed by atoms with Crippen molar-refractivity contribution in [2.75, 3.05) is 18.8 Å². The van der Waals surface area contributed by atoms with Gasteiger partial charge in [0.25, 0.3) is 0 Å². The number of likely N-dealkylation sites (tertiary alicyclic amines) is 1. The summed E-state index contributed by atoms with van der Waals surface area (Å²) in [7, 11) is 0. The first kappa shape index (κ1) is 14.2. The van der Waals surface area contributed by atoms with Crippen LogP contribution in [0.25, 0.3) is 0 Å². The lowest BCUT2D eigenvalue weighted by atomic mass is 9.96. The predicted octanol–water partition coefficient (Wildman–Crippen LogP) is 3.35. The Balaban J connectivity index is 1.90. The summed E-state index contributed by atoms with van der Waals surface area (Å²) in [6, 6.07) is 5.85. The lowest BCUT2D eigenvalue weighted by Gasteiger charge is -2.32. The van der Waals surface area contributed by atoms with Gasteiger partial charge in [0.2, 0.25) is 0 Å². The number of piperidine rings is 1. The molecule has 0 radical (unpaired) electrons. The number of nitrogens with two attached hydrogens (primary N) is 1. The summed E-state index contributed by atoms with van der Waals surface area (Å²) in [6.07, 6.45) is -3.64. The standard InChI is InChI=1S/C14H19F3N2/c1-10-2-3-11(8-13(10)18)9-19-6-4-12(5-7-19)14(15,16)17/h2-3,8,12H,4-7,9,18H2,1H3. The molecule has 0 saturated carbocycles. The molecule has 1 fully saturated rings. The SMILES string of the molecule is Cc1ccc(CN2CCC(C(F)(F)F)CC2)cc1N. The molecule has 1 aliphatic rings. The zero-order chi connectivity index (χ0) is 14.0. The Bertz CT molecular complexity index is 435. The molecule has 2 nitrogen and oxygen atoms in total. The molecule has 0 atom stereocenters. The number of hydrogen-bond acceptors (Lipinski definition) is 2. The van der Waals surface area contributed by atoms with Crippen LogP contribution in [0.3, 0.4) is 0 Å². The molecule has 1 saturated heterocycles. The third-order valence-electron chi connectivity index (χ3n) is 3.80.